The third-order valence-electron chi connectivity index (χ3n) is 3.03. The molecule has 0 unspecified atom stereocenters. The van der Waals surface area contributed by atoms with Gasteiger partial charge in [-0.25, -0.2) is 0 Å². The minimum Gasteiger partial charge on any atom is -0.433 e. The van der Waals surface area contributed by atoms with E-state index in [-0.39, 0.29) is 17.4 Å². The van der Waals surface area contributed by atoms with Crippen molar-refractivity contribution in [1.29, 1.82) is 0 Å². The van der Waals surface area contributed by atoms with Crippen molar-refractivity contribution >= 4 is 11.5 Å². The largest absolute Gasteiger partial charge is 0.433 e. The van der Waals surface area contributed by atoms with E-state index in [1.807, 2.05) is 32.9 Å². The number of nitrogens with two attached hydrogens (primary N) is 1. The third kappa shape index (κ3) is 2.69. The van der Waals surface area contributed by atoms with Gasteiger partial charge in [0.15, 0.2) is 0 Å². The summed E-state index contributed by atoms with van der Waals surface area (Å²) in [4.78, 5) is 14.3. The van der Waals surface area contributed by atoms with Crippen molar-refractivity contribution in [3.8, 4) is 11.6 Å². The summed E-state index contributed by atoms with van der Waals surface area (Å²) in [5, 5.41) is 11.0. The number of ether oxygens (including phenoxy) is 1. The average molecular weight is 273 g/mol. The van der Waals surface area contributed by atoms with Crippen LogP contribution in [0.5, 0.6) is 11.6 Å². The van der Waals surface area contributed by atoms with E-state index in [2.05, 4.69) is 4.98 Å². The molecular formula is C14H15N3O3. The van der Waals surface area contributed by atoms with Gasteiger partial charge < -0.3 is 10.5 Å². The maximum atomic E-state index is 11.0. The first-order valence-electron chi connectivity index (χ1n) is 6.05. The van der Waals surface area contributed by atoms with E-state index in [1.165, 1.54) is 12.1 Å². The summed E-state index contributed by atoms with van der Waals surface area (Å²) in [7, 11) is 0. The van der Waals surface area contributed by atoms with Gasteiger partial charge >= 0.3 is 11.6 Å². The second-order valence-electron chi connectivity index (χ2n) is 4.62. The number of hydrogen-bond donors (Lipinski definition) is 1. The molecular weight excluding hydrogens is 258 g/mol. The third-order valence-corrected chi connectivity index (χ3v) is 3.03. The van der Waals surface area contributed by atoms with Crippen LogP contribution >= 0.6 is 0 Å². The SMILES string of the molecule is Cc1cc(C)c(C)c(Oc2nc(N)ccc2[N+](=O)[O-])c1. The lowest BCUT2D eigenvalue weighted by molar-refractivity contribution is -0.386. The fourth-order valence-corrected chi connectivity index (χ4v) is 1.87. The molecule has 0 saturated heterocycles. The molecule has 1 aromatic carbocycles. The van der Waals surface area contributed by atoms with E-state index in [1.54, 1.807) is 0 Å². The molecule has 0 amide bonds. The van der Waals surface area contributed by atoms with Crippen LogP contribution in [0.15, 0.2) is 24.3 Å². The highest BCUT2D eigenvalue weighted by atomic mass is 16.6. The molecule has 0 spiro atoms. The molecule has 0 aliphatic carbocycles. The zero-order valence-corrected chi connectivity index (χ0v) is 11.5. The number of anilines is 1. The van der Waals surface area contributed by atoms with Crippen LogP contribution in [0, 0.1) is 30.9 Å². The predicted molar refractivity (Wildman–Crippen MR) is 76.0 cm³/mol. The maximum Gasteiger partial charge on any atom is 0.331 e. The molecule has 0 bridgehead atoms. The Labute approximate surface area is 116 Å². The molecule has 0 atom stereocenters. The first kappa shape index (κ1) is 13.8. The van der Waals surface area contributed by atoms with Crippen molar-refractivity contribution in [2.75, 3.05) is 5.73 Å². The fourth-order valence-electron chi connectivity index (χ4n) is 1.87. The average Bonchev–Trinajstić information content (AvgIpc) is 2.35. The fraction of sp³-hybridized carbons (Fsp3) is 0.214. The van der Waals surface area contributed by atoms with Crippen molar-refractivity contribution in [2.24, 2.45) is 0 Å². The summed E-state index contributed by atoms with van der Waals surface area (Å²) in [6.45, 7) is 5.78. The van der Waals surface area contributed by atoms with E-state index in [4.69, 9.17) is 10.5 Å². The van der Waals surface area contributed by atoms with Crippen LogP contribution in [0.1, 0.15) is 16.7 Å². The number of rotatable bonds is 3. The number of benzene rings is 1. The Morgan fingerprint density at radius 2 is 1.95 bits per heavy atom. The molecule has 104 valence electrons. The highest BCUT2D eigenvalue weighted by molar-refractivity contribution is 5.51. The molecule has 1 aromatic heterocycles. The van der Waals surface area contributed by atoms with Gasteiger partial charge in [0.2, 0.25) is 0 Å². The predicted octanol–water partition coefficient (Wildman–Crippen LogP) is 3.29. The normalized spacial score (nSPS) is 10.3. The summed E-state index contributed by atoms with van der Waals surface area (Å²) < 4.78 is 5.61. The van der Waals surface area contributed by atoms with Gasteiger partial charge in [0.25, 0.3) is 0 Å². The number of nitro groups is 1. The standard InChI is InChI=1S/C14H15N3O3/c1-8-6-9(2)10(3)12(7-8)20-14-11(17(18)19)4-5-13(15)16-14/h4-7H,1-3H3,(H2,15,16). The molecule has 6 nitrogen and oxygen atoms in total. The maximum absolute atomic E-state index is 11.0. The molecule has 0 fully saturated rings. The van der Waals surface area contributed by atoms with Crippen molar-refractivity contribution in [1.82, 2.24) is 4.98 Å². The van der Waals surface area contributed by atoms with Crippen LogP contribution in [0.2, 0.25) is 0 Å². The molecule has 0 aliphatic rings. The van der Waals surface area contributed by atoms with Gasteiger partial charge in [-0.1, -0.05) is 6.07 Å². The van der Waals surface area contributed by atoms with E-state index < -0.39 is 4.92 Å². The van der Waals surface area contributed by atoms with E-state index in [0.717, 1.165) is 16.7 Å². The number of nitrogen functional groups attached to an aromatic ring is 1. The summed E-state index contributed by atoms with van der Waals surface area (Å²) in [5.74, 6) is 0.624. The Kier molecular flexibility index (Phi) is 3.56. The Morgan fingerprint density at radius 3 is 2.60 bits per heavy atom. The van der Waals surface area contributed by atoms with Gasteiger partial charge in [-0.2, -0.15) is 4.98 Å². The molecule has 2 N–H and O–H groups in total. The first-order valence-corrected chi connectivity index (χ1v) is 6.05. The van der Waals surface area contributed by atoms with E-state index in [0.29, 0.717) is 5.75 Å². The highest BCUT2D eigenvalue weighted by Crippen LogP contribution is 2.33. The molecule has 20 heavy (non-hydrogen) atoms. The Hall–Kier alpha value is -2.63. The van der Waals surface area contributed by atoms with Crippen molar-refractivity contribution in [3.63, 3.8) is 0 Å². The van der Waals surface area contributed by atoms with Crippen LogP contribution in [-0.2, 0) is 0 Å². The lowest BCUT2D eigenvalue weighted by Crippen LogP contribution is -2.00. The number of aromatic nitrogens is 1. The zero-order chi connectivity index (χ0) is 14.9. The molecule has 0 aliphatic heterocycles. The van der Waals surface area contributed by atoms with Crippen LogP contribution in [0.4, 0.5) is 11.5 Å². The topological polar surface area (TPSA) is 91.3 Å². The van der Waals surface area contributed by atoms with Gasteiger partial charge in [-0.15, -0.1) is 0 Å². The van der Waals surface area contributed by atoms with Crippen molar-refractivity contribution < 1.29 is 9.66 Å². The lowest BCUT2D eigenvalue weighted by Gasteiger charge is -2.11. The van der Waals surface area contributed by atoms with Gasteiger partial charge in [0.1, 0.15) is 11.6 Å². The van der Waals surface area contributed by atoms with Crippen molar-refractivity contribution in [3.05, 3.63) is 51.1 Å². The number of aryl methyl sites for hydroxylation is 2. The van der Waals surface area contributed by atoms with Gasteiger partial charge in [-0.05, 0) is 49.6 Å². The molecule has 2 aromatic rings. The number of nitrogens with zero attached hydrogens (tertiary/aromatic N) is 2. The van der Waals surface area contributed by atoms with Gasteiger partial charge in [-0.3, -0.25) is 10.1 Å². The smallest absolute Gasteiger partial charge is 0.331 e. The minimum absolute atomic E-state index is 0.0944. The zero-order valence-electron chi connectivity index (χ0n) is 11.5. The lowest BCUT2D eigenvalue weighted by atomic mass is 10.1. The summed E-state index contributed by atoms with van der Waals surface area (Å²) in [5.41, 5.74) is 8.32. The van der Waals surface area contributed by atoms with Crippen LogP contribution in [0.3, 0.4) is 0 Å². The molecule has 6 heteroatoms. The number of pyridine rings is 1. The second kappa shape index (κ2) is 5.16. The van der Waals surface area contributed by atoms with Gasteiger partial charge in [0, 0.05) is 6.07 Å². The monoisotopic (exact) mass is 273 g/mol. The summed E-state index contributed by atoms with van der Waals surface area (Å²) in [6.07, 6.45) is 0. The van der Waals surface area contributed by atoms with Crippen LogP contribution in [0.25, 0.3) is 0 Å². The van der Waals surface area contributed by atoms with E-state index >= 15 is 0 Å². The summed E-state index contributed by atoms with van der Waals surface area (Å²) in [6, 6.07) is 6.50. The Balaban J connectivity index is 2.50. The van der Waals surface area contributed by atoms with Gasteiger partial charge in [0.05, 0.1) is 4.92 Å². The second-order valence-corrected chi connectivity index (χ2v) is 4.62. The number of hydrogen-bond acceptors (Lipinski definition) is 5. The van der Waals surface area contributed by atoms with Crippen LogP contribution in [-0.4, -0.2) is 9.91 Å². The summed E-state index contributed by atoms with van der Waals surface area (Å²) >= 11 is 0. The molecule has 2 rings (SSSR count). The first-order chi connectivity index (χ1) is 9.38. The molecule has 0 radical (unpaired) electrons. The Morgan fingerprint density at radius 1 is 1.25 bits per heavy atom. The highest BCUT2D eigenvalue weighted by Gasteiger charge is 2.19. The van der Waals surface area contributed by atoms with Crippen LogP contribution < -0.4 is 10.5 Å². The molecule has 0 saturated carbocycles. The quantitative estimate of drug-likeness (QED) is 0.684. The minimum atomic E-state index is -0.542. The van der Waals surface area contributed by atoms with Crippen molar-refractivity contribution in [2.45, 2.75) is 20.8 Å². The van der Waals surface area contributed by atoms with E-state index in [9.17, 15) is 10.1 Å². The Bertz CT molecular complexity index is 684. The molecule has 1 heterocycles.